The lowest BCUT2D eigenvalue weighted by atomic mass is 9.84. The summed E-state index contributed by atoms with van der Waals surface area (Å²) >= 11 is 0. The quantitative estimate of drug-likeness (QED) is 0.821. The molecule has 16 heavy (non-hydrogen) atoms. The predicted molar refractivity (Wildman–Crippen MR) is 62.1 cm³/mol. The van der Waals surface area contributed by atoms with Crippen molar-refractivity contribution in [2.24, 2.45) is 5.92 Å². The minimum Gasteiger partial charge on any atom is -0.349 e. The van der Waals surface area contributed by atoms with Crippen LogP contribution in [0.4, 0.5) is 0 Å². The number of hydrogen-bond donors (Lipinski definition) is 2. The number of nitrogens with one attached hydrogen (secondary N) is 2. The molecule has 1 aromatic rings. The van der Waals surface area contributed by atoms with Crippen LogP contribution in [-0.4, -0.2) is 22.1 Å². The minimum atomic E-state index is -0.00416. The highest BCUT2D eigenvalue weighted by Gasteiger charge is 2.22. The van der Waals surface area contributed by atoms with Gasteiger partial charge in [0.1, 0.15) is 0 Å². The summed E-state index contributed by atoms with van der Waals surface area (Å²) in [6, 6.07) is 0.348. The first-order valence-electron chi connectivity index (χ1n) is 6.09. The van der Waals surface area contributed by atoms with Crippen molar-refractivity contribution < 1.29 is 4.79 Å². The minimum absolute atomic E-state index is 0.00416. The summed E-state index contributed by atoms with van der Waals surface area (Å²) in [5.74, 6) is 0.777. The number of hydrogen-bond acceptors (Lipinski definition) is 2. The van der Waals surface area contributed by atoms with E-state index < -0.39 is 0 Å². The zero-order valence-electron chi connectivity index (χ0n) is 9.70. The van der Waals surface area contributed by atoms with E-state index in [1.807, 2.05) is 0 Å². The summed E-state index contributed by atoms with van der Waals surface area (Å²) in [5.41, 5.74) is 0.624. The fourth-order valence-corrected chi connectivity index (χ4v) is 2.44. The largest absolute Gasteiger partial charge is 0.349 e. The summed E-state index contributed by atoms with van der Waals surface area (Å²) in [5, 5.41) is 9.53. The molecule has 0 aromatic carbocycles. The summed E-state index contributed by atoms with van der Waals surface area (Å²) in [6.07, 6.45) is 9.20. The van der Waals surface area contributed by atoms with E-state index in [1.54, 1.807) is 12.4 Å². The van der Waals surface area contributed by atoms with Crippen molar-refractivity contribution in [1.29, 1.82) is 0 Å². The van der Waals surface area contributed by atoms with Crippen LogP contribution < -0.4 is 5.32 Å². The van der Waals surface area contributed by atoms with E-state index in [9.17, 15) is 4.79 Å². The third kappa shape index (κ3) is 2.62. The lowest BCUT2D eigenvalue weighted by molar-refractivity contribution is 0.0919. The van der Waals surface area contributed by atoms with Crippen LogP contribution in [-0.2, 0) is 0 Å². The van der Waals surface area contributed by atoms with Crippen LogP contribution >= 0.6 is 0 Å². The lowest BCUT2D eigenvalue weighted by Gasteiger charge is -2.28. The first-order chi connectivity index (χ1) is 7.79. The normalized spacial score (nSPS) is 25.3. The lowest BCUT2D eigenvalue weighted by Crippen LogP contribution is -2.38. The molecule has 2 rings (SSSR count). The Kier molecular flexibility index (Phi) is 3.59. The van der Waals surface area contributed by atoms with Crippen molar-refractivity contribution in [3.8, 4) is 0 Å². The van der Waals surface area contributed by atoms with Gasteiger partial charge in [0.05, 0.1) is 11.8 Å². The van der Waals surface area contributed by atoms with Gasteiger partial charge < -0.3 is 5.32 Å². The average Bonchev–Trinajstić information content (AvgIpc) is 2.83. The van der Waals surface area contributed by atoms with Crippen molar-refractivity contribution in [3.05, 3.63) is 18.0 Å². The molecule has 2 unspecified atom stereocenters. The van der Waals surface area contributed by atoms with E-state index in [4.69, 9.17) is 0 Å². The maximum atomic E-state index is 11.8. The molecule has 0 bridgehead atoms. The van der Waals surface area contributed by atoms with Crippen LogP contribution in [0.15, 0.2) is 12.4 Å². The average molecular weight is 221 g/mol. The van der Waals surface area contributed by atoms with Crippen molar-refractivity contribution >= 4 is 5.91 Å². The van der Waals surface area contributed by atoms with Gasteiger partial charge in [-0.15, -0.1) is 0 Å². The van der Waals surface area contributed by atoms with Crippen LogP contribution in [0.1, 0.15) is 49.4 Å². The van der Waals surface area contributed by atoms with Crippen molar-refractivity contribution in [1.82, 2.24) is 15.5 Å². The van der Waals surface area contributed by atoms with Gasteiger partial charge >= 0.3 is 0 Å². The summed E-state index contributed by atoms with van der Waals surface area (Å²) in [7, 11) is 0. The molecular weight excluding hydrogens is 202 g/mol. The molecule has 1 aliphatic rings. The molecule has 1 saturated carbocycles. The van der Waals surface area contributed by atoms with Gasteiger partial charge in [-0.3, -0.25) is 9.89 Å². The number of carbonyl (C=O) groups excluding carboxylic acids is 1. The molecule has 1 aromatic heterocycles. The first-order valence-corrected chi connectivity index (χ1v) is 6.09. The molecule has 0 radical (unpaired) electrons. The molecule has 2 N–H and O–H groups in total. The molecule has 1 amide bonds. The SMILES string of the molecule is CCC1CCCC(NC(=O)c2cn[nH]c2)C1. The Bertz CT molecular complexity index is 334. The number of H-pyrrole nitrogens is 1. The van der Waals surface area contributed by atoms with E-state index in [2.05, 4.69) is 22.4 Å². The Morgan fingerprint density at radius 2 is 2.50 bits per heavy atom. The Labute approximate surface area is 95.8 Å². The number of nitrogens with zero attached hydrogens (tertiary/aromatic N) is 1. The third-order valence-corrected chi connectivity index (χ3v) is 3.46. The summed E-state index contributed by atoms with van der Waals surface area (Å²) < 4.78 is 0. The number of aromatic nitrogens is 2. The molecule has 88 valence electrons. The molecule has 1 fully saturated rings. The zero-order valence-corrected chi connectivity index (χ0v) is 9.70. The highest BCUT2D eigenvalue weighted by molar-refractivity contribution is 5.93. The Balaban J connectivity index is 1.87. The van der Waals surface area contributed by atoms with Crippen LogP contribution in [0, 0.1) is 5.92 Å². The smallest absolute Gasteiger partial charge is 0.254 e. The summed E-state index contributed by atoms with van der Waals surface area (Å²) in [4.78, 5) is 11.8. The van der Waals surface area contributed by atoms with E-state index in [0.29, 0.717) is 11.6 Å². The first kappa shape index (κ1) is 11.2. The van der Waals surface area contributed by atoms with E-state index >= 15 is 0 Å². The van der Waals surface area contributed by atoms with Crippen molar-refractivity contribution in [2.75, 3.05) is 0 Å². The third-order valence-electron chi connectivity index (χ3n) is 3.46. The molecule has 2 atom stereocenters. The highest BCUT2D eigenvalue weighted by atomic mass is 16.1. The van der Waals surface area contributed by atoms with Crippen LogP contribution in [0.25, 0.3) is 0 Å². The highest BCUT2D eigenvalue weighted by Crippen LogP contribution is 2.26. The van der Waals surface area contributed by atoms with Crippen molar-refractivity contribution in [3.63, 3.8) is 0 Å². The molecule has 1 aliphatic carbocycles. The maximum Gasteiger partial charge on any atom is 0.254 e. The van der Waals surface area contributed by atoms with Gasteiger partial charge in [0, 0.05) is 12.2 Å². The Morgan fingerprint density at radius 1 is 1.62 bits per heavy atom. The fraction of sp³-hybridized carbons (Fsp3) is 0.667. The van der Waals surface area contributed by atoms with Gasteiger partial charge in [0.25, 0.3) is 5.91 Å². The van der Waals surface area contributed by atoms with Crippen LogP contribution in [0.3, 0.4) is 0 Å². The maximum absolute atomic E-state index is 11.8. The second-order valence-corrected chi connectivity index (χ2v) is 4.60. The van der Waals surface area contributed by atoms with Crippen LogP contribution in [0.2, 0.25) is 0 Å². The van der Waals surface area contributed by atoms with E-state index in [0.717, 1.165) is 18.8 Å². The Hall–Kier alpha value is -1.32. The molecule has 1 heterocycles. The second kappa shape index (κ2) is 5.14. The van der Waals surface area contributed by atoms with Gasteiger partial charge in [-0.2, -0.15) is 5.10 Å². The number of aromatic amines is 1. The van der Waals surface area contributed by atoms with Crippen LogP contribution in [0.5, 0.6) is 0 Å². The molecule has 0 aliphatic heterocycles. The van der Waals surface area contributed by atoms with E-state index in [-0.39, 0.29) is 5.91 Å². The van der Waals surface area contributed by atoms with Gasteiger partial charge in [-0.1, -0.05) is 26.2 Å². The molecule has 4 nitrogen and oxygen atoms in total. The number of carbonyl (C=O) groups is 1. The number of amides is 1. The Morgan fingerprint density at radius 3 is 3.19 bits per heavy atom. The summed E-state index contributed by atoms with van der Waals surface area (Å²) in [6.45, 7) is 2.23. The second-order valence-electron chi connectivity index (χ2n) is 4.60. The van der Waals surface area contributed by atoms with Gasteiger partial charge in [0.15, 0.2) is 0 Å². The monoisotopic (exact) mass is 221 g/mol. The van der Waals surface area contributed by atoms with E-state index in [1.165, 1.54) is 19.3 Å². The molecule has 4 heteroatoms. The van der Waals surface area contributed by atoms with Gasteiger partial charge in [-0.25, -0.2) is 0 Å². The van der Waals surface area contributed by atoms with Gasteiger partial charge in [0.2, 0.25) is 0 Å². The number of rotatable bonds is 3. The van der Waals surface area contributed by atoms with Crippen molar-refractivity contribution in [2.45, 2.75) is 45.1 Å². The topological polar surface area (TPSA) is 57.8 Å². The van der Waals surface area contributed by atoms with Gasteiger partial charge in [-0.05, 0) is 18.8 Å². The standard InChI is InChI=1S/C12H19N3O/c1-2-9-4-3-5-11(6-9)15-12(16)10-7-13-14-8-10/h7-9,11H,2-6H2,1H3,(H,13,14)(H,15,16). The fourth-order valence-electron chi connectivity index (χ4n) is 2.44. The molecule has 0 spiro atoms. The zero-order chi connectivity index (χ0) is 11.4. The molecular formula is C12H19N3O. The predicted octanol–water partition coefficient (Wildman–Crippen LogP) is 2.11. The molecule has 0 saturated heterocycles.